The fraction of sp³-hybridized carbons (Fsp3) is 0.308. The Morgan fingerprint density at radius 2 is 1.09 bits per heavy atom. The zero-order valence-electron chi connectivity index (χ0n) is 18.5. The van der Waals surface area contributed by atoms with E-state index in [1.807, 2.05) is 48.5 Å². The highest BCUT2D eigenvalue weighted by atomic mass is 16.5. The van der Waals surface area contributed by atoms with Gasteiger partial charge in [0.15, 0.2) is 0 Å². The van der Waals surface area contributed by atoms with Crippen LogP contribution in [0.2, 0.25) is 0 Å². The van der Waals surface area contributed by atoms with E-state index in [1.54, 1.807) is 26.4 Å². The van der Waals surface area contributed by atoms with E-state index in [1.165, 1.54) is 12.2 Å². The van der Waals surface area contributed by atoms with Crippen LogP contribution in [-0.2, 0) is 9.59 Å². The molecule has 2 atom stereocenters. The quantitative estimate of drug-likeness (QED) is 0.617. The van der Waals surface area contributed by atoms with E-state index in [4.69, 9.17) is 9.47 Å². The Morgan fingerprint density at radius 1 is 0.719 bits per heavy atom. The third kappa shape index (κ3) is 7.01. The van der Waals surface area contributed by atoms with Gasteiger partial charge in [-0.25, -0.2) is 0 Å². The number of nitrogens with one attached hydrogen (secondary N) is 2. The summed E-state index contributed by atoms with van der Waals surface area (Å²) in [5.74, 6) is 1.21. The van der Waals surface area contributed by atoms with Crippen molar-refractivity contribution in [1.29, 1.82) is 0 Å². The fourth-order valence-corrected chi connectivity index (χ4v) is 3.71. The molecular weight excluding hydrogens is 404 g/mol. The van der Waals surface area contributed by atoms with Gasteiger partial charge in [0.2, 0.25) is 11.8 Å². The van der Waals surface area contributed by atoms with E-state index in [2.05, 4.69) is 10.6 Å². The van der Waals surface area contributed by atoms with Crippen molar-refractivity contribution >= 4 is 24.0 Å². The molecule has 3 rings (SSSR count). The minimum absolute atomic E-state index is 0.0879. The highest BCUT2D eigenvalue weighted by molar-refractivity contribution is 5.93. The minimum atomic E-state index is -0.166. The van der Waals surface area contributed by atoms with Gasteiger partial charge in [0.05, 0.1) is 14.2 Å². The summed E-state index contributed by atoms with van der Waals surface area (Å²) >= 11 is 0. The van der Waals surface area contributed by atoms with Crippen LogP contribution in [0, 0.1) is 0 Å². The molecule has 2 N–H and O–H groups in total. The van der Waals surface area contributed by atoms with Crippen molar-refractivity contribution in [1.82, 2.24) is 10.6 Å². The van der Waals surface area contributed by atoms with Crippen molar-refractivity contribution in [3.05, 3.63) is 71.8 Å². The van der Waals surface area contributed by atoms with Crippen LogP contribution in [0.4, 0.5) is 0 Å². The molecule has 1 aliphatic carbocycles. The van der Waals surface area contributed by atoms with E-state index in [-0.39, 0.29) is 23.9 Å². The largest absolute Gasteiger partial charge is 0.497 e. The van der Waals surface area contributed by atoms with Gasteiger partial charge in [-0.15, -0.1) is 0 Å². The molecule has 0 saturated heterocycles. The number of carbonyl (C=O) groups excluding carboxylic acids is 2. The molecule has 1 aliphatic rings. The molecule has 6 nitrogen and oxygen atoms in total. The second-order valence-corrected chi connectivity index (χ2v) is 7.73. The lowest BCUT2D eigenvalue weighted by atomic mass is 9.90. The topological polar surface area (TPSA) is 76.7 Å². The first-order valence-electron chi connectivity index (χ1n) is 10.8. The smallest absolute Gasteiger partial charge is 0.244 e. The standard InChI is InChI=1S/C26H30N2O4/c1-31-21-13-7-19(8-14-21)11-17-25(29)27-23-5-3-4-6-24(23)28-26(30)18-12-20-9-15-22(32-2)16-10-20/h7-18,23-24H,3-6H2,1-2H3,(H,27,29)(H,28,30). The Morgan fingerprint density at radius 3 is 1.44 bits per heavy atom. The van der Waals surface area contributed by atoms with Crippen LogP contribution in [0.25, 0.3) is 12.2 Å². The number of hydrogen-bond acceptors (Lipinski definition) is 4. The molecule has 0 spiro atoms. The number of hydrogen-bond donors (Lipinski definition) is 2. The number of methoxy groups -OCH3 is 2. The monoisotopic (exact) mass is 434 g/mol. The Balaban J connectivity index is 1.53. The van der Waals surface area contributed by atoms with Gasteiger partial charge in [-0.2, -0.15) is 0 Å². The lowest BCUT2D eigenvalue weighted by Crippen LogP contribution is -2.52. The van der Waals surface area contributed by atoms with Gasteiger partial charge < -0.3 is 20.1 Å². The van der Waals surface area contributed by atoms with E-state index in [9.17, 15) is 9.59 Å². The van der Waals surface area contributed by atoms with Crippen molar-refractivity contribution in [3.63, 3.8) is 0 Å². The van der Waals surface area contributed by atoms with Gasteiger partial charge in [0.25, 0.3) is 0 Å². The maximum atomic E-state index is 12.4. The van der Waals surface area contributed by atoms with Gasteiger partial charge >= 0.3 is 0 Å². The molecule has 2 amide bonds. The molecule has 1 fully saturated rings. The van der Waals surface area contributed by atoms with Crippen molar-refractivity contribution < 1.29 is 19.1 Å². The molecular formula is C26H30N2O4. The molecule has 0 radical (unpaired) electrons. The van der Waals surface area contributed by atoms with Crippen LogP contribution < -0.4 is 20.1 Å². The Labute approximate surface area is 189 Å². The summed E-state index contributed by atoms with van der Waals surface area (Å²) in [4.78, 5) is 24.9. The lowest BCUT2D eigenvalue weighted by molar-refractivity contribution is -0.120. The van der Waals surface area contributed by atoms with Crippen LogP contribution in [0.5, 0.6) is 11.5 Å². The van der Waals surface area contributed by atoms with Gasteiger partial charge in [-0.3, -0.25) is 9.59 Å². The van der Waals surface area contributed by atoms with Gasteiger partial charge in [-0.05, 0) is 60.4 Å². The molecule has 0 heterocycles. The van der Waals surface area contributed by atoms with E-state index in [0.717, 1.165) is 48.3 Å². The molecule has 32 heavy (non-hydrogen) atoms. The van der Waals surface area contributed by atoms with Crippen LogP contribution >= 0.6 is 0 Å². The summed E-state index contributed by atoms with van der Waals surface area (Å²) < 4.78 is 10.3. The fourth-order valence-electron chi connectivity index (χ4n) is 3.71. The van der Waals surface area contributed by atoms with Crippen LogP contribution in [0.3, 0.4) is 0 Å². The second-order valence-electron chi connectivity index (χ2n) is 7.73. The maximum absolute atomic E-state index is 12.4. The molecule has 168 valence electrons. The summed E-state index contributed by atoms with van der Waals surface area (Å²) in [6.07, 6.45) is 10.3. The van der Waals surface area contributed by atoms with Gasteiger partial charge in [0.1, 0.15) is 11.5 Å². The van der Waals surface area contributed by atoms with Crippen molar-refractivity contribution in [2.75, 3.05) is 14.2 Å². The van der Waals surface area contributed by atoms with Gasteiger partial charge in [-0.1, -0.05) is 37.1 Å². The first-order chi connectivity index (χ1) is 15.6. The van der Waals surface area contributed by atoms with E-state index in [0.29, 0.717) is 0 Å². The molecule has 6 heteroatoms. The summed E-state index contributed by atoms with van der Waals surface area (Å²) in [7, 11) is 3.24. The number of ether oxygens (including phenoxy) is 2. The summed E-state index contributed by atoms with van der Waals surface area (Å²) in [6.45, 7) is 0. The van der Waals surface area contributed by atoms with Crippen molar-refractivity contribution in [2.24, 2.45) is 0 Å². The first kappa shape index (κ1) is 23.1. The highest BCUT2D eigenvalue weighted by Crippen LogP contribution is 2.19. The van der Waals surface area contributed by atoms with Gasteiger partial charge in [0, 0.05) is 24.2 Å². The van der Waals surface area contributed by atoms with E-state index < -0.39 is 0 Å². The molecule has 2 aromatic carbocycles. The average molecular weight is 435 g/mol. The number of rotatable bonds is 8. The third-order valence-corrected chi connectivity index (χ3v) is 5.51. The number of amides is 2. The van der Waals surface area contributed by atoms with E-state index >= 15 is 0 Å². The minimum Gasteiger partial charge on any atom is -0.497 e. The predicted octanol–water partition coefficient (Wildman–Crippen LogP) is 3.97. The Bertz CT molecular complexity index is 869. The predicted molar refractivity (Wildman–Crippen MR) is 126 cm³/mol. The Kier molecular flexibility index (Phi) is 8.49. The molecule has 2 unspecified atom stereocenters. The van der Waals surface area contributed by atoms with Crippen molar-refractivity contribution in [3.8, 4) is 11.5 Å². The molecule has 0 aliphatic heterocycles. The second kappa shape index (κ2) is 11.7. The lowest BCUT2D eigenvalue weighted by Gasteiger charge is -2.32. The summed E-state index contributed by atoms with van der Waals surface area (Å²) in [5, 5.41) is 6.10. The highest BCUT2D eigenvalue weighted by Gasteiger charge is 2.26. The van der Waals surface area contributed by atoms with Crippen LogP contribution in [0.1, 0.15) is 36.8 Å². The average Bonchev–Trinajstić information content (AvgIpc) is 2.83. The third-order valence-electron chi connectivity index (χ3n) is 5.51. The Hall–Kier alpha value is -3.54. The molecule has 0 bridgehead atoms. The summed E-state index contributed by atoms with van der Waals surface area (Å²) in [5.41, 5.74) is 1.83. The zero-order chi connectivity index (χ0) is 22.8. The first-order valence-corrected chi connectivity index (χ1v) is 10.8. The maximum Gasteiger partial charge on any atom is 0.244 e. The normalized spacial score (nSPS) is 18.4. The molecule has 2 aromatic rings. The molecule has 0 aromatic heterocycles. The zero-order valence-corrected chi connectivity index (χ0v) is 18.5. The molecule has 1 saturated carbocycles. The number of carbonyl (C=O) groups is 2. The SMILES string of the molecule is COc1ccc(C=CC(=O)NC2CCCCC2NC(=O)C=Cc2ccc(OC)cc2)cc1. The van der Waals surface area contributed by atoms with Crippen molar-refractivity contribution in [2.45, 2.75) is 37.8 Å². The summed E-state index contributed by atoms with van der Waals surface area (Å²) in [6, 6.07) is 14.8. The number of benzene rings is 2. The van der Waals surface area contributed by atoms with Crippen LogP contribution in [0.15, 0.2) is 60.7 Å². The van der Waals surface area contributed by atoms with Crippen LogP contribution in [-0.4, -0.2) is 38.1 Å².